The summed E-state index contributed by atoms with van der Waals surface area (Å²) >= 11 is 0. The zero-order valence-corrected chi connectivity index (χ0v) is 15.4. The topological polar surface area (TPSA) is 26.3 Å². The van der Waals surface area contributed by atoms with Crippen molar-refractivity contribution in [3.63, 3.8) is 0 Å². The fraction of sp³-hybridized carbons (Fsp3) is 0.435. The number of hydrogen-bond acceptors (Lipinski definition) is 2. The molecule has 2 nitrogen and oxygen atoms in total. The fourth-order valence-electron chi connectivity index (χ4n) is 3.98. The first-order valence-electron chi connectivity index (χ1n) is 9.56. The highest BCUT2D eigenvalue weighted by atomic mass is 16.5. The molecular formula is C23H28O2. The van der Waals surface area contributed by atoms with E-state index >= 15 is 0 Å². The second-order valence-electron chi connectivity index (χ2n) is 6.93. The minimum atomic E-state index is -0.643. The third-order valence-electron chi connectivity index (χ3n) is 5.23. The Bertz CT molecular complexity index is 687. The number of carbonyl (C=O) groups excluding carboxylic acids is 1. The van der Waals surface area contributed by atoms with Crippen LogP contribution in [0.3, 0.4) is 0 Å². The molecule has 1 aliphatic rings. The largest absolute Gasteiger partial charge is 0.380 e. The van der Waals surface area contributed by atoms with Gasteiger partial charge in [0.1, 0.15) is 11.2 Å². The highest BCUT2D eigenvalue weighted by Gasteiger charge is 2.48. The Morgan fingerprint density at radius 2 is 1.48 bits per heavy atom. The van der Waals surface area contributed by atoms with Crippen molar-refractivity contribution in [1.82, 2.24) is 0 Å². The first-order chi connectivity index (χ1) is 12.3. The molecule has 0 heterocycles. The van der Waals surface area contributed by atoms with Crippen LogP contribution in [-0.4, -0.2) is 19.0 Å². The number of carbonyl (C=O) groups is 1. The number of fused-ring (bicyclic) bond motifs is 3. The summed E-state index contributed by atoms with van der Waals surface area (Å²) in [6.07, 6.45) is 4.84. The number of Topliss-reactive ketones (excluding diaryl/α,β-unsaturated/α-hetero) is 1. The molecule has 3 rings (SSSR count). The van der Waals surface area contributed by atoms with E-state index in [-0.39, 0.29) is 5.78 Å². The standard InChI is InChI=1S/C23H28O2/c1-3-5-10-16-25-17-23(22(24)11-4-2)20-14-8-6-12-18(20)19-13-7-9-15-21(19)23/h6-9,12-15H,3-5,10-11,16-17H2,1-2H3. The van der Waals surface area contributed by atoms with E-state index in [1.54, 1.807) is 0 Å². The van der Waals surface area contributed by atoms with Crippen LogP contribution in [0.25, 0.3) is 11.1 Å². The van der Waals surface area contributed by atoms with Crippen molar-refractivity contribution in [2.45, 2.75) is 51.4 Å². The predicted octanol–water partition coefficient (Wildman–Crippen LogP) is 5.53. The summed E-state index contributed by atoms with van der Waals surface area (Å²) in [5.41, 5.74) is 3.95. The van der Waals surface area contributed by atoms with Crippen LogP contribution >= 0.6 is 0 Å². The van der Waals surface area contributed by atoms with E-state index < -0.39 is 5.41 Å². The van der Waals surface area contributed by atoms with Crippen LogP contribution in [-0.2, 0) is 14.9 Å². The summed E-state index contributed by atoms with van der Waals surface area (Å²) in [4.78, 5) is 13.3. The Morgan fingerprint density at radius 1 is 0.880 bits per heavy atom. The highest BCUT2D eigenvalue weighted by Crippen LogP contribution is 2.50. The monoisotopic (exact) mass is 336 g/mol. The van der Waals surface area contributed by atoms with Gasteiger partial charge in [-0.25, -0.2) is 0 Å². The summed E-state index contributed by atoms with van der Waals surface area (Å²) in [5, 5.41) is 0. The Balaban J connectivity index is 2.02. The molecule has 0 N–H and O–H groups in total. The van der Waals surface area contributed by atoms with Gasteiger partial charge in [-0.15, -0.1) is 0 Å². The molecule has 0 saturated heterocycles. The zero-order chi connectivity index (χ0) is 17.7. The van der Waals surface area contributed by atoms with Crippen molar-refractivity contribution < 1.29 is 9.53 Å². The zero-order valence-electron chi connectivity index (χ0n) is 15.4. The molecule has 2 heteroatoms. The summed E-state index contributed by atoms with van der Waals surface area (Å²) in [5.74, 6) is 0.280. The van der Waals surface area contributed by atoms with Gasteiger partial charge in [-0.3, -0.25) is 4.79 Å². The van der Waals surface area contributed by atoms with Crippen LogP contribution in [0.1, 0.15) is 57.1 Å². The molecule has 0 aromatic heterocycles. The Hall–Kier alpha value is -1.93. The number of benzene rings is 2. The van der Waals surface area contributed by atoms with Gasteiger partial charge >= 0.3 is 0 Å². The second kappa shape index (κ2) is 7.97. The van der Waals surface area contributed by atoms with Crippen LogP contribution in [0, 0.1) is 0 Å². The molecule has 0 radical (unpaired) electrons. The summed E-state index contributed by atoms with van der Waals surface area (Å²) in [7, 11) is 0. The Kier molecular flexibility index (Phi) is 5.70. The molecule has 0 unspecified atom stereocenters. The molecule has 25 heavy (non-hydrogen) atoms. The van der Waals surface area contributed by atoms with Crippen molar-refractivity contribution >= 4 is 5.78 Å². The van der Waals surface area contributed by atoms with E-state index in [1.807, 2.05) is 12.1 Å². The van der Waals surface area contributed by atoms with Gasteiger partial charge in [0, 0.05) is 13.0 Å². The molecular weight excluding hydrogens is 308 g/mol. The van der Waals surface area contributed by atoms with E-state index in [9.17, 15) is 4.79 Å². The minimum absolute atomic E-state index is 0.280. The van der Waals surface area contributed by atoms with E-state index in [0.29, 0.717) is 13.0 Å². The Morgan fingerprint density at radius 3 is 2.04 bits per heavy atom. The minimum Gasteiger partial charge on any atom is -0.380 e. The molecule has 2 aromatic rings. The quantitative estimate of drug-likeness (QED) is 0.563. The lowest BCUT2D eigenvalue weighted by molar-refractivity contribution is -0.125. The van der Waals surface area contributed by atoms with Crippen LogP contribution in [0.4, 0.5) is 0 Å². The van der Waals surface area contributed by atoms with Crippen LogP contribution < -0.4 is 0 Å². The summed E-state index contributed by atoms with van der Waals surface area (Å²) in [6.45, 7) is 5.43. The van der Waals surface area contributed by atoms with Crippen molar-refractivity contribution in [2.75, 3.05) is 13.2 Å². The van der Waals surface area contributed by atoms with Gasteiger partial charge < -0.3 is 4.74 Å². The number of rotatable bonds is 9. The molecule has 0 bridgehead atoms. The third-order valence-corrected chi connectivity index (χ3v) is 5.23. The van der Waals surface area contributed by atoms with E-state index in [0.717, 1.165) is 30.6 Å². The lowest BCUT2D eigenvalue weighted by Crippen LogP contribution is -2.40. The van der Waals surface area contributed by atoms with Gasteiger partial charge in [0.25, 0.3) is 0 Å². The average molecular weight is 336 g/mol. The smallest absolute Gasteiger partial charge is 0.150 e. The summed E-state index contributed by atoms with van der Waals surface area (Å²) < 4.78 is 6.08. The van der Waals surface area contributed by atoms with Crippen LogP contribution in [0.5, 0.6) is 0 Å². The van der Waals surface area contributed by atoms with Gasteiger partial charge in [0.2, 0.25) is 0 Å². The maximum Gasteiger partial charge on any atom is 0.150 e. The maximum atomic E-state index is 13.3. The first-order valence-corrected chi connectivity index (χ1v) is 9.56. The van der Waals surface area contributed by atoms with E-state index in [4.69, 9.17) is 4.74 Å². The van der Waals surface area contributed by atoms with E-state index in [2.05, 4.69) is 50.2 Å². The van der Waals surface area contributed by atoms with Gasteiger partial charge in [-0.2, -0.15) is 0 Å². The lowest BCUT2D eigenvalue weighted by atomic mass is 9.74. The molecule has 0 fully saturated rings. The lowest BCUT2D eigenvalue weighted by Gasteiger charge is -2.30. The van der Waals surface area contributed by atoms with Gasteiger partial charge in [0.05, 0.1) is 6.61 Å². The number of ether oxygens (including phenoxy) is 1. The normalized spacial score (nSPS) is 14.2. The maximum absolute atomic E-state index is 13.3. The summed E-state index contributed by atoms with van der Waals surface area (Å²) in [6, 6.07) is 16.7. The van der Waals surface area contributed by atoms with Crippen molar-refractivity contribution in [2.24, 2.45) is 0 Å². The molecule has 1 aliphatic carbocycles. The van der Waals surface area contributed by atoms with Gasteiger partial charge in [-0.05, 0) is 35.1 Å². The fourth-order valence-corrected chi connectivity index (χ4v) is 3.98. The van der Waals surface area contributed by atoms with E-state index in [1.165, 1.54) is 24.0 Å². The van der Waals surface area contributed by atoms with Crippen molar-refractivity contribution in [3.05, 3.63) is 59.7 Å². The third kappa shape index (κ3) is 3.16. The van der Waals surface area contributed by atoms with Gasteiger partial charge in [0.15, 0.2) is 0 Å². The number of ketones is 1. The highest BCUT2D eigenvalue weighted by molar-refractivity contribution is 6.01. The second-order valence-corrected chi connectivity index (χ2v) is 6.93. The molecule has 0 amide bonds. The Labute approximate surface area is 151 Å². The molecule has 0 spiro atoms. The molecule has 0 aliphatic heterocycles. The molecule has 0 saturated carbocycles. The number of hydrogen-bond donors (Lipinski definition) is 0. The average Bonchev–Trinajstić information content (AvgIpc) is 2.93. The van der Waals surface area contributed by atoms with Crippen LogP contribution in [0.15, 0.2) is 48.5 Å². The SMILES string of the molecule is CCCCCOCC1(C(=O)CCC)c2ccccc2-c2ccccc21. The predicted molar refractivity (Wildman–Crippen MR) is 103 cm³/mol. The number of unbranched alkanes of at least 4 members (excludes halogenated alkanes) is 2. The van der Waals surface area contributed by atoms with Crippen molar-refractivity contribution in [1.29, 1.82) is 0 Å². The molecule has 0 atom stereocenters. The molecule has 132 valence electrons. The van der Waals surface area contributed by atoms with Crippen molar-refractivity contribution in [3.8, 4) is 11.1 Å². The first kappa shape index (κ1) is 17.9. The molecule has 2 aromatic carbocycles. The van der Waals surface area contributed by atoms with Gasteiger partial charge in [-0.1, -0.05) is 75.2 Å². The van der Waals surface area contributed by atoms with Crippen LogP contribution in [0.2, 0.25) is 0 Å².